The normalized spacial score (nSPS) is 25.5. The number of nitrogen functional groups attached to an aromatic ring is 1. The zero-order chi connectivity index (χ0) is 14.8. The van der Waals surface area contributed by atoms with E-state index in [0.29, 0.717) is 28.2 Å². The third-order valence-electron chi connectivity index (χ3n) is 3.83. The van der Waals surface area contributed by atoms with E-state index in [9.17, 15) is 5.11 Å². The smallest absolute Gasteiger partial charge is 0.178 e. The molecule has 0 aromatic heterocycles. The van der Waals surface area contributed by atoms with Gasteiger partial charge in [-0.05, 0) is 25.5 Å². The number of amidine groups is 1. The van der Waals surface area contributed by atoms with Gasteiger partial charge in [0.1, 0.15) is 5.75 Å². The minimum absolute atomic E-state index is 0.0307. The summed E-state index contributed by atoms with van der Waals surface area (Å²) in [6, 6.07) is 3.43. The van der Waals surface area contributed by atoms with Gasteiger partial charge in [-0.1, -0.05) is 18.0 Å². The molecular formula is C14H19ClN4O2. The van der Waals surface area contributed by atoms with Gasteiger partial charge in [-0.15, -0.1) is 0 Å². The number of anilines is 1. The largest absolute Gasteiger partial charge is 0.507 e. The van der Waals surface area contributed by atoms with Gasteiger partial charge in [0, 0.05) is 18.5 Å². The minimum Gasteiger partial charge on any atom is -0.507 e. The lowest BCUT2D eigenvalue weighted by atomic mass is 10.0. The van der Waals surface area contributed by atoms with Crippen LogP contribution in [0.25, 0.3) is 0 Å². The fourth-order valence-electron chi connectivity index (χ4n) is 2.68. The average Bonchev–Trinajstić information content (AvgIpc) is 2.92. The van der Waals surface area contributed by atoms with E-state index in [1.165, 1.54) is 18.9 Å². The highest BCUT2D eigenvalue weighted by Gasteiger charge is 2.25. The summed E-state index contributed by atoms with van der Waals surface area (Å²) in [5.74, 6) is 0.512. The monoisotopic (exact) mass is 310 g/mol. The van der Waals surface area contributed by atoms with Crippen LogP contribution in [0.5, 0.6) is 5.75 Å². The van der Waals surface area contributed by atoms with E-state index in [0.717, 1.165) is 19.4 Å². The molecule has 0 aliphatic carbocycles. The molecule has 1 aromatic carbocycles. The van der Waals surface area contributed by atoms with Crippen LogP contribution in [0.3, 0.4) is 0 Å². The van der Waals surface area contributed by atoms with Crippen molar-refractivity contribution in [1.82, 2.24) is 10.8 Å². The van der Waals surface area contributed by atoms with Gasteiger partial charge in [0.05, 0.1) is 16.3 Å². The van der Waals surface area contributed by atoms with E-state index < -0.39 is 0 Å². The third kappa shape index (κ3) is 3.23. The van der Waals surface area contributed by atoms with Gasteiger partial charge >= 0.3 is 0 Å². The predicted molar refractivity (Wildman–Crippen MR) is 82.3 cm³/mol. The summed E-state index contributed by atoms with van der Waals surface area (Å²) in [7, 11) is 0. The Balaban J connectivity index is 1.72. The number of hydrogen-bond acceptors (Lipinski definition) is 6. The first kappa shape index (κ1) is 14.4. The predicted octanol–water partition coefficient (Wildman–Crippen LogP) is 1.77. The van der Waals surface area contributed by atoms with E-state index >= 15 is 0 Å². The number of aromatic hydroxyl groups is 1. The van der Waals surface area contributed by atoms with Crippen LogP contribution >= 0.6 is 11.6 Å². The van der Waals surface area contributed by atoms with Gasteiger partial charge in [-0.3, -0.25) is 0 Å². The van der Waals surface area contributed by atoms with E-state index in [4.69, 9.17) is 22.2 Å². The Morgan fingerprint density at radius 2 is 2.29 bits per heavy atom. The van der Waals surface area contributed by atoms with Crippen LogP contribution in [-0.2, 0) is 4.84 Å². The van der Waals surface area contributed by atoms with Gasteiger partial charge in [0.25, 0.3) is 0 Å². The molecule has 1 unspecified atom stereocenters. The van der Waals surface area contributed by atoms with Crippen molar-refractivity contribution >= 4 is 23.1 Å². The maximum Gasteiger partial charge on any atom is 0.178 e. The molecule has 0 spiro atoms. The van der Waals surface area contributed by atoms with Gasteiger partial charge in [0.15, 0.2) is 12.1 Å². The second-order valence-electron chi connectivity index (χ2n) is 5.43. The van der Waals surface area contributed by atoms with Crippen molar-refractivity contribution in [3.8, 4) is 5.75 Å². The van der Waals surface area contributed by atoms with Crippen LogP contribution in [0, 0.1) is 0 Å². The van der Waals surface area contributed by atoms with Crippen molar-refractivity contribution < 1.29 is 9.94 Å². The van der Waals surface area contributed by atoms with E-state index in [2.05, 4.69) is 15.8 Å². The first-order chi connectivity index (χ1) is 10.1. The fourth-order valence-corrected chi connectivity index (χ4v) is 2.85. The molecule has 1 fully saturated rings. The molecule has 21 heavy (non-hydrogen) atoms. The van der Waals surface area contributed by atoms with Crippen molar-refractivity contribution in [3.63, 3.8) is 0 Å². The molecule has 1 aromatic rings. The van der Waals surface area contributed by atoms with Gasteiger partial charge in [0.2, 0.25) is 0 Å². The Morgan fingerprint density at radius 1 is 1.43 bits per heavy atom. The number of hydroxylamine groups is 1. The SMILES string of the molecule is Nc1cc(O)c(C2=NC(C[C@@H]3CCCCN3)ON2)cc1Cl. The lowest BCUT2D eigenvalue weighted by Gasteiger charge is -2.24. The number of nitrogens with one attached hydrogen (secondary N) is 2. The molecule has 7 heteroatoms. The molecule has 0 saturated carbocycles. The molecule has 2 aliphatic rings. The maximum atomic E-state index is 9.96. The molecule has 3 rings (SSSR count). The Kier molecular flexibility index (Phi) is 4.19. The molecule has 2 aliphatic heterocycles. The molecule has 0 amide bonds. The lowest BCUT2D eigenvalue weighted by molar-refractivity contribution is 0.0253. The molecule has 6 nitrogen and oxygen atoms in total. The van der Waals surface area contributed by atoms with Crippen LogP contribution < -0.4 is 16.5 Å². The summed E-state index contributed by atoms with van der Waals surface area (Å²) in [5.41, 5.74) is 9.24. The minimum atomic E-state index is -0.258. The molecule has 1 saturated heterocycles. The molecule has 0 bridgehead atoms. The number of halogens is 1. The number of phenols is 1. The number of benzene rings is 1. The second kappa shape index (κ2) is 6.09. The standard InChI is InChI=1S/C14H19ClN4O2/c15-10-6-9(12(20)7-11(10)16)14-18-13(21-19-14)5-8-3-1-2-4-17-8/h6-8,13,17,20H,1-5,16H2,(H,18,19)/t8-,13?/m0/s1. The first-order valence-electron chi connectivity index (χ1n) is 7.14. The average molecular weight is 311 g/mol. The Morgan fingerprint density at radius 3 is 3.05 bits per heavy atom. The number of nitrogens with zero attached hydrogens (tertiary/aromatic N) is 1. The highest BCUT2D eigenvalue weighted by Crippen LogP contribution is 2.29. The zero-order valence-corrected chi connectivity index (χ0v) is 12.4. The quantitative estimate of drug-likeness (QED) is 0.639. The molecular weight excluding hydrogens is 292 g/mol. The maximum absolute atomic E-state index is 9.96. The van der Waals surface area contributed by atoms with Crippen LogP contribution in [0.15, 0.2) is 17.1 Å². The van der Waals surface area contributed by atoms with Crippen molar-refractivity contribution in [3.05, 3.63) is 22.7 Å². The molecule has 0 radical (unpaired) electrons. The summed E-state index contributed by atoms with van der Waals surface area (Å²) in [6.45, 7) is 1.05. The van der Waals surface area contributed by atoms with Crippen LogP contribution in [0.4, 0.5) is 5.69 Å². The number of phenolic OH excluding ortho intramolecular Hbond substituents is 1. The summed E-state index contributed by atoms with van der Waals surface area (Å²) in [5, 5.41) is 13.8. The molecule has 5 N–H and O–H groups in total. The van der Waals surface area contributed by atoms with Crippen LogP contribution in [0.1, 0.15) is 31.2 Å². The summed E-state index contributed by atoms with van der Waals surface area (Å²) >= 11 is 5.99. The van der Waals surface area contributed by atoms with Crippen molar-refractivity contribution in [2.75, 3.05) is 12.3 Å². The Labute approximate surface area is 128 Å². The Bertz CT molecular complexity index is 558. The topological polar surface area (TPSA) is 91.9 Å². The van der Waals surface area contributed by atoms with Gasteiger partial charge < -0.3 is 16.2 Å². The van der Waals surface area contributed by atoms with Crippen molar-refractivity contribution in [1.29, 1.82) is 0 Å². The number of rotatable bonds is 3. The number of hydrogen-bond donors (Lipinski definition) is 4. The van der Waals surface area contributed by atoms with E-state index in [-0.39, 0.29) is 12.0 Å². The summed E-state index contributed by atoms with van der Waals surface area (Å²) in [4.78, 5) is 9.94. The van der Waals surface area contributed by atoms with Crippen molar-refractivity contribution in [2.45, 2.75) is 38.0 Å². The number of aliphatic imine (C=N–C) groups is 1. The summed E-state index contributed by atoms with van der Waals surface area (Å²) in [6.07, 6.45) is 4.16. The Hall–Kier alpha value is -1.50. The molecule has 2 atom stereocenters. The van der Waals surface area contributed by atoms with E-state index in [1.807, 2.05) is 0 Å². The highest BCUT2D eigenvalue weighted by atomic mass is 35.5. The summed E-state index contributed by atoms with van der Waals surface area (Å²) < 4.78 is 0. The lowest BCUT2D eigenvalue weighted by Crippen LogP contribution is -2.36. The van der Waals surface area contributed by atoms with Crippen molar-refractivity contribution in [2.24, 2.45) is 4.99 Å². The fraction of sp³-hybridized carbons (Fsp3) is 0.500. The highest BCUT2D eigenvalue weighted by molar-refractivity contribution is 6.33. The van der Waals surface area contributed by atoms with Crippen LogP contribution in [0.2, 0.25) is 5.02 Å². The van der Waals surface area contributed by atoms with E-state index in [1.54, 1.807) is 6.07 Å². The number of piperidine rings is 1. The number of nitrogens with two attached hydrogens (primary N) is 1. The van der Waals surface area contributed by atoms with Gasteiger partial charge in [-0.25, -0.2) is 15.3 Å². The molecule has 2 heterocycles. The molecule has 114 valence electrons. The third-order valence-corrected chi connectivity index (χ3v) is 4.16. The first-order valence-corrected chi connectivity index (χ1v) is 7.52. The van der Waals surface area contributed by atoms with Gasteiger partial charge in [-0.2, -0.15) is 0 Å². The van der Waals surface area contributed by atoms with Crippen LogP contribution in [-0.4, -0.2) is 29.8 Å². The zero-order valence-electron chi connectivity index (χ0n) is 11.6. The second-order valence-corrected chi connectivity index (χ2v) is 5.83.